The molecule has 82 valence electrons. The monoisotopic (exact) mass is 235 g/mol. The van der Waals surface area contributed by atoms with Crippen molar-refractivity contribution in [3.8, 4) is 0 Å². The smallest absolute Gasteiger partial charge is 0.252 e. The normalized spacial score (nSPS) is 16.9. The Morgan fingerprint density at radius 1 is 1.12 bits per heavy atom. The van der Waals surface area contributed by atoms with Crippen LogP contribution in [0.15, 0.2) is 30.3 Å². The van der Waals surface area contributed by atoms with Gasteiger partial charge in [-0.15, -0.1) is 0 Å². The van der Waals surface area contributed by atoms with E-state index in [1.54, 1.807) is 24.3 Å². The van der Waals surface area contributed by atoms with Crippen LogP contribution in [0.25, 0.3) is 0 Å². The highest BCUT2D eigenvalue weighted by Crippen LogP contribution is 2.19. The lowest BCUT2D eigenvalue weighted by Gasteiger charge is -2.32. The predicted octanol–water partition coefficient (Wildman–Crippen LogP) is 0.410. The Hall–Kier alpha value is -1.79. The Bertz CT molecular complexity index is 460. The standard InChI is InChI=1S/C10H9N3O2S/c11-13-9(15)6-8(14)12(10(13)16)7-4-2-1-3-5-7/h1-5H,6,11H2. The van der Waals surface area contributed by atoms with Gasteiger partial charge in [-0.25, -0.2) is 10.9 Å². The second-order valence-electron chi connectivity index (χ2n) is 3.29. The van der Waals surface area contributed by atoms with E-state index in [9.17, 15) is 9.59 Å². The molecule has 1 aromatic rings. The van der Waals surface area contributed by atoms with Gasteiger partial charge in [0.25, 0.3) is 5.91 Å². The lowest BCUT2D eigenvalue weighted by atomic mass is 10.2. The number of thiocarbonyl (C=S) groups is 1. The number of para-hydroxylation sites is 1. The number of rotatable bonds is 1. The summed E-state index contributed by atoms with van der Waals surface area (Å²) in [5.74, 6) is 4.62. The first kappa shape index (κ1) is 10.7. The molecule has 0 saturated carbocycles. The molecule has 1 saturated heterocycles. The van der Waals surface area contributed by atoms with Crippen LogP contribution in [-0.2, 0) is 9.59 Å². The minimum Gasteiger partial charge on any atom is -0.273 e. The van der Waals surface area contributed by atoms with E-state index >= 15 is 0 Å². The van der Waals surface area contributed by atoms with E-state index in [1.165, 1.54) is 4.90 Å². The number of hydrazine groups is 1. The SMILES string of the molecule is NN1C(=O)CC(=O)N(c2ccccc2)C1=S. The summed E-state index contributed by atoms with van der Waals surface area (Å²) in [5, 5.41) is 0.830. The van der Waals surface area contributed by atoms with Gasteiger partial charge in [0, 0.05) is 0 Å². The van der Waals surface area contributed by atoms with Crippen molar-refractivity contribution in [2.24, 2.45) is 5.84 Å². The maximum Gasteiger partial charge on any atom is 0.252 e. The molecular weight excluding hydrogens is 226 g/mol. The third-order valence-corrected chi connectivity index (χ3v) is 2.61. The van der Waals surface area contributed by atoms with Crippen LogP contribution >= 0.6 is 12.2 Å². The molecule has 0 aliphatic carbocycles. The molecule has 1 fully saturated rings. The number of anilines is 1. The number of benzene rings is 1. The maximum atomic E-state index is 11.7. The van der Waals surface area contributed by atoms with Crippen molar-refractivity contribution >= 4 is 34.8 Å². The average Bonchev–Trinajstić information content (AvgIpc) is 2.28. The Morgan fingerprint density at radius 3 is 2.38 bits per heavy atom. The first-order valence-corrected chi connectivity index (χ1v) is 5.01. The maximum absolute atomic E-state index is 11.7. The summed E-state index contributed by atoms with van der Waals surface area (Å²) in [4.78, 5) is 24.2. The molecule has 6 heteroatoms. The Balaban J connectivity index is 2.38. The molecule has 0 unspecified atom stereocenters. The fraction of sp³-hybridized carbons (Fsp3) is 0.100. The molecule has 1 aliphatic rings. The quantitative estimate of drug-likeness (QED) is 0.331. The van der Waals surface area contributed by atoms with E-state index in [1.807, 2.05) is 6.07 Å². The second-order valence-corrected chi connectivity index (χ2v) is 3.65. The van der Waals surface area contributed by atoms with Crippen molar-refractivity contribution in [1.82, 2.24) is 5.01 Å². The van der Waals surface area contributed by atoms with Crippen molar-refractivity contribution in [1.29, 1.82) is 0 Å². The van der Waals surface area contributed by atoms with E-state index in [4.69, 9.17) is 18.1 Å². The molecule has 2 rings (SSSR count). The number of nitrogens with two attached hydrogens (primary N) is 1. The highest BCUT2D eigenvalue weighted by Gasteiger charge is 2.34. The lowest BCUT2D eigenvalue weighted by Crippen LogP contribution is -2.58. The first-order valence-electron chi connectivity index (χ1n) is 4.61. The molecule has 0 radical (unpaired) electrons. The van der Waals surface area contributed by atoms with Gasteiger partial charge < -0.3 is 0 Å². The Labute approximate surface area is 97.4 Å². The minimum absolute atomic E-state index is 0.00690. The molecule has 2 N–H and O–H groups in total. The van der Waals surface area contributed by atoms with Crippen LogP contribution < -0.4 is 10.7 Å². The van der Waals surface area contributed by atoms with Crippen LogP contribution in [0.3, 0.4) is 0 Å². The number of hydrogen-bond acceptors (Lipinski definition) is 4. The Morgan fingerprint density at radius 2 is 1.75 bits per heavy atom. The van der Waals surface area contributed by atoms with E-state index in [2.05, 4.69) is 0 Å². The summed E-state index contributed by atoms with van der Waals surface area (Å²) < 4.78 is 0. The first-order chi connectivity index (χ1) is 7.61. The largest absolute Gasteiger partial charge is 0.273 e. The van der Waals surface area contributed by atoms with Gasteiger partial charge in [-0.2, -0.15) is 0 Å². The summed E-state index contributed by atoms with van der Waals surface area (Å²) in [7, 11) is 0. The second kappa shape index (κ2) is 3.99. The summed E-state index contributed by atoms with van der Waals surface area (Å²) in [6.45, 7) is 0. The minimum atomic E-state index is -0.484. The molecule has 1 heterocycles. The van der Waals surface area contributed by atoms with E-state index < -0.39 is 5.91 Å². The molecular formula is C10H9N3O2S. The van der Waals surface area contributed by atoms with Gasteiger partial charge in [-0.05, 0) is 24.4 Å². The van der Waals surface area contributed by atoms with Crippen molar-refractivity contribution in [3.05, 3.63) is 30.3 Å². The zero-order valence-corrected chi connectivity index (χ0v) is 9.11. The van der Waals surface area contributed by atoms with Crippen molar-refractivity contribution in [2.75, 3.05) is 4.90 Å². The molecule has 5 nitrogen and oxygen atoms in total. The molecule has 2 amide bonds. The van der Waals surface area contributed by atoms with Gasteiger partial charge in [0.1, 0.15) is 6.42 Å². The van der Waals surface area contributed by atoms with Gasteiger partial charge >= 0.3 is 0 Å². The topological polar surface area (TPSA) is 66.6 Å². The van der Waals surface area contributed by atoms with Crippen LogP contribution in [0.2, 0.25) is 0 Å². The summed E-state index contributed by atoms with van der Waals surface area (Å²) in [5.41, 5.74) is 0.612. The predicted molar refractivity (Wildman–Crippen MR) is 62.2 cm³/mol. The molecule has 16 heavy (non-hydrogen) atoms. The molecule has 1 aromatic carbocycles. The number of hydrogen-bond donors (Lipinski definition) is 1. The van der Waals surface area contributed by atoms with Crippen molar-refractivity contribution in [2.45, 2.75) is 6.42 Å². The summed E-state index contributed by atoms with van der Waals surface area (Å²) in [6.07, 6.45) is -0.258. The van der Waals surface area contributed by atoms with Gasteiger partial charge in [0.2, 0.25) is 11.0 Å². The highest BCUT2D eigenvalue weighted by atomic mass is 32.1. The molecule has 0 bridgehead atoms. The van der Waals surface area contributed by atoms with Crippen molar-refractivity contribution < 1.29 is 9.59 Å². The van der Waals surface area contributed by atoms with E-state index in [0.29, 0.717) is 5.69 Å². The van der Waals surface area contributed by atoms with Gasteiger partial charge in [-0.1, -0.05) is 18.2 Å². The van der Waals surface area contributed by atoms with Crippen LogP contribution in [0.4, 0.5) is 5.69 Å². The van der Waals surface area contributed by atoms with Gasteiger partial charge in [0.15, 0.2) is 0 Å². The van der Waals surface area contributed by atoms with E-state index in [0.717, 1.165) is 5.01 Å². The fourth-order valence-electron chi connectivity index (χ4n) is 1.45. The average molecular weight is 235 g/mol. The number of carbonyl (C=O) groups is 2. The number of amides is 2. The van der Waals surface area contributed by atoms with Crippen LogP contribution in [0.5, 0.6) is 0 Å². The van der Waals surface area contributed by atoms with Crippen molar-refractivity contribution in [3.63, 3.8) is 0 Å². The van der Waals surface area contributed by atoms with Crippen LogP contribution in [0.1, 0.15) is 6.42 Å². The fourth-order valence-corrected chi connectivity index (χ4v) is 1.76. The third-order valence-electron chi connectivity index (χ3n) is 2.23. The zero-order chi connectivity index (χ0) is 11.7. The molecule has 0 spiro atoms. The van der Waals surface area contributed by atoms with Crippen LogP contribution in [-0.4, -0.2) is 21.9 Å². The molecule has 0 atom stereocenters. The highest BCUT2D eigenvalue weighted by molar-refractivity contribution is 7.80. The summed E-state index contributed by atoms with van der Waals surface area (Å²) in [6, 6.07) is 8.85. The van der Waals surface area contributed by atoms with Gasteiger partial charge in [-0.3, -0.25) is 14.5 Å². The number of nitrogens with zero attached hydrogens (tertiary/aromatic N) is 2. The van der Waals surface area contributed by atoms with Crippen LogP contribution in [0, 0.1) is 0 Å². The van der Waals surface area contributed by atoms with E-state index in [-0.39, 0.29) is 17.4 Å². The summed E-state index contributed by atoms with van der Waals surface area (Å²) >= 11 is 4.97. The molecule has 0 aromatic heterocycles. The lowest BCUT2D eigenvalue weighted by molar-refractivity contribution is -0.133. The van der Waals surface area contributed by atoms with Gasteiger partial charge in [0.05, 0.1) is 5.69 Å². The third kappa shape index (κ3) is 1.68. The number of carbonyl (C=O) groups excluding carboxylic acids is 2. The zero-order valence-electron chi connectivity index (χ0n) is 8.29. The Kier molecular flexibility index (Phi) is 2.67. The molecule has 1 aliphatic heterocycles.